The van der Waals surface area contributed by atoms with Crippen molar-refractivity contribution >= 4 is 19.8 Å². The number of carbonyl (C=O) groups excluding carboxylic acids is 2. The van der Waals surface area contributed by atoms with Crippen LogP contribution < -0.4 is 0 Å². The van der Waals surface area contributed by atoms with Gasteiger partial charge in [0.2, 0.25) is 0 Å². The van der Waals surface area contributed by atoms with E-state index in [0.717, 1.165) is 38.5 Å². The van der Waals surface area contributed by atoms with Crippen molar-refractivity contribution in [1.82, 2.24) is 0 Å². The van der Waals surface area contributed by atoms with Crippen LogP contribution in [0, 0.1) is 0 Å². The summed E-state index contributed by atoms with van der Waals surface area (Å²) in [6, 6.07) is 0. The third-order valence-corrected chi connectivity index (χ3v) is 17.1. The second kappa shape index (κ2) is 60.6. The lowest BCUT2D eigenvalue weighted by molar-refractivity contribution is -0.870. The van der Waals surface area contributed by atoms with Gasteiger partial charge in [-0.15, -0.1) is 0 Å². The predicted molar refractivity (Wildman–Crippen MR) is 335 cm³/mol. The van der Waals surface area contributed by atoms with Crippen LogP contribution >= 0.6 is 7.82 Å². The largest absolute Gasteiger partial charge is 0.472 e. The van der Waals surface area contributed by atoms with Crippen molar-refractivity contribution in [2.24, 2.45) is 0 Å². The molecule has 0 amide bonds. The van der Waals surface area contributed by atoms with Crippen LogP contribution in [-0.2, 0) is 32.7 Å². The lowest BCUT2D eigenvalue weighted by atomic mass is 10.0. The van der Waals surface area contributed by atoms with E-state index in [-0.39, 0.29) is 25.6 Å². The minimum Gasteiger partial charge on any atom is -0.462 e. The second-order valence-corrected chi connectivity index (χ2v) is 26.7. The molecular formula is C68H137NO8P+. The van der Waals surface area contributed by atoms with Crippen LogP contribution in [0.3, 0.4) is 0 Å². The summed E-state index contributed by atoms with van der Waals surface area (Å²) in [7, 11) is 1.51. The molecule has 0 aromatic heterocycles. The number of unbranched alkanes of at least 4 members (excludes halogenated alkanes) is 52. The number of nitrogens with zero attached hydrogens (tertiary/aromatic N) is 1. The first kappa shape index (κ1) is 77.0. The zero-order chi connectivity index (χ0) is 57.0. The zero-order valence-electron chi connectivity index (χ0n) is 53.2. The molecule has 0 saturated carbocycles. The summed E-state index contributed by atoms with van der Waals surface area (Å²) in [6.45, 7) is 4.53. The van der Waals surface area contributed by atoms with Gasteiger partial charge in [-0.05, 0) is 12.8 Å². The van der Waals surface area contributed by atoms with E-state index in [9.17, 15) is 19.0 Å². The molecule has 0 aliphatic rings. The smallest absolute Gasteiger partial charge is 0.462 e. The van der Waals surface area contributed by atoms with Gasteiger partial charge in [0.05, 0.1) is 27.7 Å². The molecule has 0 fully saturated rings. The van der Waals surface area contributed by atoms with E-state index in [2.05, 4.69) is 13.8 Å². The number of quaternary nitrogens is 1. The Bertz CT molecular complexity index is 1280. The molecule has 0 heterocycles. The van der Waals surface area contributed by atoms with E-state index in [1.165, 1.54) is 308 Å². The summed E-state index contributed by atoms with van der Waals surface area (Å²) < 4.78 is 34.7. The monoisotopic (exact) mass is 1130 g/mol. The average Bonchev–Trinajstić information content (AvgIpc) is 3.41. The number of hydrogen-bond donors (Lipinski definition) is 1. The summed E-state index contributed by atoms with van der Waals surface area (Å²) in [5, 5.41) is 0. The molecule has 10 heteroatoms. The molecule has 78 heavy (non-hydrogen) atoms. The summed E-state index contributed by atoms with van der Waals surface area (Å²) in [4.78, 5) is 35.8. The van der Waals surface area contributed by atoms with Crippen LogP contribution in [-0.4, -0.2) is 74.9 Å². The Morgan fingerprint density at radius 3 is 0.821 bits per heavy atom. The van der Waals surface area contributed by atoms with E-state index in [1.807, 2.05) is 21.1 Å². The Kier molecular flexibility index (Phi) is 59.8. The van der Waals surface area contributed by atoms with Crippen molar-refractivity contribution in [3.8, 4) is 0 Å². The molecule has 1 N–H and O–H groups in total. The molecule has 0 aromatic rings. The highest BCUT2D eigenvalue weighted by atomic mass is 31.2. The average molecular weight is 1130 g/mol. The Morgan fingerprint density at radius 2 is 0.577 bits per heavy atom. The highest BCUT2D eigenvalue weighted by Gasteiger charge is 2.27. The SMILES string of the molecule is CCCCCCCCCCCCCCCCCCCCCCCCCCCCCC(=O)OCC(COP(=O)(O)OCC[N+](C)(C)C)OC(=O)CCCCCCCCCCCCCCCCCCCCCCCCCCCCC. The van der Waals surface area contributed by atoms with E-state index in [0.29, 0.717) is 17.4 Å². The molecule has 0 spiro atoms. The number of hydrogen-bond acceptors (Lipinski definition) is 7. The number of phosphoric ester groups is 1. The van der Waals surface area contributed by atoms with Gasteiger partial charge in [-0.25, -0.2) is 4.57 Å². The Balaban J connectivity index is 3.98. The van der Waals surface area contributed by atoms with Crippen molar-refractivity contribution in [3.05, 3.63) is 0 Å². The van der Waals surface area contributed by atoms with E-state index >= 15 is 0 Å². The standard InChI is InChI=1S/C68H136NO8P/c1-6-8-10-12-14-16-18-20-22-24-26-28-30-32-34-36-38-40-42-44-46-48-50-52-54-56-58-60-67(70)74-64-66(65-76-78(72,73)75-63-62-69(3,4)5)77-68(71)61-59-57-55-53-51-49-47-45-43-41-39-37-35-33-31-29-27-25-23-21-19-17-15-13-11-9-7-2/h66H,6-65H2,1-5H3/p+1. The molecule has 0 bridgehead atoms. The highest BCUT2D eigenvalue weighted by Crippen LogP contribution is 2.43. The first-order chi connectivity index (χ1) is 38.0. The maximum Gasteiger partial charge on any atom is 0.472 e. The third-order valence-electron chi connectivity index (χ3n) is 16.1. The molecular weight excluding hydrogens is 990 g/mol. The number of carbonyl (C=O) groups is 2. The summed E-state index contributed by atoms with van der Waals surface area (Å²) in [5.41, 5.74) is 0. The molecule has 0 radical (unpaired) electrons. The molecule has 0 aliphatic carbocycles. The fourth-order valence-electron chi connectivity index (χ4n) is 10.8. The number of rotatable bonds is 66. The number of likely N-dealkylation sites (N-methyl/N-ethyl adjacent to an activating group) is 1. The predicted octanol–water partition coefficient (Wildman–Crippen LogP) is 22.2. The summed E-state index contributed by atoms with van der Waals surface area (Å²) in [5.74, 6) is -0.767. The minimum absolute atomic E-state index is 0.0377. The quantitative estimate of drug-likeness (QED) is 0.0278. The first-order valence-electron chi connectivity index (χ1n) is 34.8. The maximum atomic E-state index is 12.9. The molecule has 0 saturated heterocycles. The lowest BCUT2D eigenvalue weighted by Gasteiger charge is -2.24. The van der Waals surface area contributed by atoms with Crippen molar-refractivity contribution in [1.29, 1.82) is 0 Å². The van der Waals surface area contributed by atoms with E-state index in [1.54, 1.807) is 0 Å². The Hall–Kier alpha value is -0.990. The third kappa shape index (κ3) is 64.2. The van der Waals surface area contributed by atoms with Gasteiger partial charge < -0.3 is 18.9 Å². The van der Waals surface area contributed by atoms with Crippen LogP contribution in [0.4, 0.5) is 0 Å². The molecule has 466 valence electrons. The van der Waals surface area contributed by atoms with Gasteiger partial charge in [-0.2, -0.15) is 0 Å². The van der Waals surface area contributed by atoms with Gasteiger partial charge in [0, 0.05) is 12.8 Å². The molecule has 0 rings (SSSR count). The molecule has 9 nitrogen and oxygen atoms in total. The normalized spacial score (nSPS) is 13.1. The molecule has 0 aliphatic heterocycles. The van der Waals surface area contributed by atoms with Gasteiger partial charge >= 0.3 is 19.8 Å². The van der Waals surface area contributed by atoms with Crippen LogP contribution in [0.15, 0.2) is 0 Å². The van der Waals surface area contributed by atoms with Crippen LogP contribution in [0.2, 0.25) is 0 Å². The minimum atomic E-state index is -4.38. The summed E-state index contributed by atoms with van der Waals surface area (Å²) in [6.07, 6.45) is 72.1. The fourth-order valence-corrected chi connectivity index (χ4v) is 11.5. The van der Waals surface area contributed by atoms with Crippen molar-refractivity contribution in [2.45, 2.75) is 380 Å². The van der Waals surface area contributed by atoms with Crippen LogP contribution in [0.1, 0.15) is 373 Å². The molecule has 2 atom stereocenters. The van der Waals surface area contributed by atoms with Gasteiger partial charge in [-0.3, -0.25) is 18.6 Å². The Morgan fingerprint density at radius 1 is 0.346 bits per heavy atom. The van der Waals surface area contributed by atoms with E-state index in [4.69, 9.17) is 18.5 Å². The number of ether oxygens (including phenoxy) is 2. The van der Waals surface area contributed by atoms with Crippen molar-refractivity contribution in [2.75, 3.05) is 47.5 Å². The van der Waals surface area contributed by atoms with Gasteiger partial charge in [0.1, 0.15) is 19.8 Å². The first-order valence-corrected chi connectivity index (χ1v) is 36.3. The summed E-state index contributed by atoms with van der Waals surface area (Å²) >= 11 is 0. The lowest BCUT2D eigenvalue weighted by Crippen LogP contribution is -2.37. The molecule has 0 aromatic carbocycles. The van der Waals surface area contributed by atoms with Crippen molar-refractivity contribution < 1.29 is 42.1 Å². The zero-order valence-corrected chi connectivity index (χ0v) is 54.1. The maximum absolute atomic E-state index is 12.9. The second-order valence-electron chi connectivity index (χ2n) is 25.3. The van der Waals surface area contributed by atoms with E-state index < -0.39 is 26.5 Å². The van der Waals surface area contributed by atoms with Crippen LogP contribution in [0.5, 0.6) is 0 Å². The Labute approximate surface area is 486 Å². The number of esters is 2. The number of phosphoric acid groups is 1. The van der Waals surface area contributed by atoms with Gasteiger partial charge in [0.25, 0.3) is 0 Å². The van der Waals surface area contributed by atoms with Crippen molar-refractivity contribution in [3.63, 3.8) is 0 Å². The van der Waals surface area contributed by atoms with Gasteiger partial charge in [-0.1, -0.05) is 348 Å². The fraction of sp³-hybridized carbons (Fsp3) is 0.971. The highest BCUT2D eigenvalue weighted by molar-refractivity contribution is 7.47. The van der Waals surface area contributed by atoms with Gasteiger partial charge in [0.15, 0.2) is 6.10 Å². The van der Waals surface area contributed by atoms with Crippen LogP contribution in [0.25, 0.3) is 0 Å². The molecule has 2 unspecified atom stereocenters. The topological polar surface area (TPSA) is 108 Å².